The minimum atomic E-state index is 0.779. The van der Waals surface area contributed by atoms with Crippen molar-refractivity contribution >= 4 is 83.6 Å². The molecular weight excluding hydrogens is 491 g/mol. The highest BCUT2D eigenvalue weighted by atomic mass is 127. The van der Waals surface area contributed by atoms with Gasteiger partial charge in [0.2, 0.25) is 0 Å². The fourth-order valence-electron chi connectivity index (χ4n) is 1.17. The molecule has 0 radical (unpaired) electrons. The molecule has 5 heteroatoms. The number of halogens is 4. The minimum Gasteiger partial charge on any atom is -0.254 e. The molecule has 0 aliphatic heterocycles. The van der Waals surface area contributed by atoms with Gasteiger partial charge >= 0.3 is 0 Å². The first-order valence-electron chi connectivity index (χ1n) is 3.69. The van der Waals surface area contributed by atoms with Crippen molar-refractivity contribution < 1.29 is 0 Å². The van der Waals surface area contributed by atoms with Crippen LogP contribution < -0.4 is 0 Å². The van der Waals surface area contributed by atoms with Gasteiger partial charge < -0.3 is 0 Å². The Morgan fingerprint density at radius 2 is 1.93 bits per heavy atom. The third-order valence-corrected chi connectivity index (χ3v) is 4.88. The minimum absolute atomic E-state index is 0.779. The lowest BCUT2D eigenvalue weighted by molar-refractivity contribution is 1.37. The van der Waals surface area contributed by atoms with Gasteiger partial charge in [0.1, 0.15) is 0 Å². The summed E-state index contributed by atoms with van der Waals surface area (Å²) in [6, 6.07) is 4.01. The maximum absolute atomic E-state index is 6.23. The van der Waals surface area contributed by atoms with Gasteiger partial charge in [-0.05, 0) is 73.2 Å². The summed E-state index contributed by atoms with van der Waals surface area (Å²) in [5.41, 5.74) is 0.919. The zero-order valence-electron chi connectivity index (χ0n) is 6.69. The largest absolute Gasteiger partial charge is 0.254 e. The SMILES string of the molecule is Clc1c(I)cnc2c(Br)ccc(I)c12. The van der Waals surface area contributed by atoms with E-state index in [1.165, 1.54) is 0 Å². The first kappa shape index (κ1) is 11.3. The predicted octanol–water partition coefficient (Wildman–Crippen LogP) is 4.86. The van der Waals surface area contributed by atoms with Crippen LogP contribution in [-0.2, 0) is 0 Å². The van der Waals surface area contributed by atoms with E-state index in [2.05, 4.69) is 66.1 Å². The lowest BCUT2D eigenvalue weighted by atomic mass is 10.2. The first-order valence-corrected chi connectivity index (χ1v) is 7.02. The summed E-state index contributed by atoms with van der Waals surface area (Å²) in [5.74, 6) is 0. The highest BCUT2D eigenvalue weighted by Gasteiger charge is 2.10. The van der Waals surface area contributed by atoms with E-state index in [1.807, 2.05) is 12.1 Å². The number of aromatic nitrogens is 1. The van der Waals surface area contributed by atoms with E-state index in [0.717, 1.165) is 27.5 Å². The zero-order valence-corrected chi connectivity index (χ0v) is 13.3. The fraction of sp³-hybridized carbons (Fsp3) is 0. The van der Waals surface area contributed by atoms with Crippen molar-refractivity contribution in [3.8, 4) is 0 Å². The van der Waals surface area contributed by atoms with Crippen LogP contribution in [0.15, 0.2) is 22.8 Å². The zero-order chi connectivity index (χ0) is 10.3. The molecule has 0 bridgehead atoms. The molecule has 0 atom stereocenters. The van der Waals surface area contributed by atoms with Gasteiger partial charge in [-0.1, -0.05) is 11.6 Å². The van der Waals surface area contributed by atoms with E-state index in [9.17, 15) is 0 Å². The van der Waals surface area contributed by atoms with Gasteiger partial charge in [-0.2, -0.15) is 0 Å². The molecule has 72 valence electrons. The smallest absolute Gasteiger partial charge is 0.0870 e. The molecule has 2 rings (SSSR count). The number of pyridine rings is 1. The molecule has 0 N–H and O–H groups in total. The Kier molecular flexibility index (Phi) is 3.56. The molecule has 1 nitrogen and oxygen atoms in total. The lowest BCUT2D eigenvalue weighted by Gasteiger charge is -2.05. The number of fused-ring (bicyclic) bond motifs is 1. The second-order valence-electron chi connectivity index (χ2n) is 2.67. The van der Waals surface area contributed by atoms with Crippen molar-refractivity contribution in [2.75, 3.05) is 0 Å². The maximum Gasteiger partial charge on any atom is 0.0870 e. The average molecular weight is 494 g/mol. The van der Waals surface area contributed by atoms with Crippen LogP contribution in [0.4, 0.5) is 0 Å². The molecule has 0 spiro atoms. The number of rotatable bonds is 0. The molecule has 1 aromatic carbocycles. The van der Waals surface area contributed by atoms with Crippen LogP contribution in [0.3, 0.4) is 0 Å². The molecule has 0 aliphatic carbocycles. The van der Waals surface area contributed by atoms with Gasteiger partial charge in [-0.3, -0.25) is 4.98 Å². The van der Waals surface area contributed by atoms with Gasteiger partial charge in [-0.15, -0.1) is 0 Å². The summed E-state index contributed by atoms with van der Waals surface area (Å²) in [7, 11) is 0. The molecule has 1 aromatic heterocycles. The van der Waals surface area contributed by atoms with Crippen LogP contribution in [0.2, 0.25) is 5.02 Å². The Balaban J connectivity index is 3.01. The molecule has 0 saturated heterocycles. The van der Waals surface area contributed by atoms with Gasteiger partial charge in [0.05, 0.1) is 14.1 Å². The number of benzene rings is 1. The standard InChI is InChI=1S/C9H3BrClI2N/c10-4-1-2-5(12)7-8(11)6(13)3-14-9(4)7/h1-3H. The quantitative estimate of drug-likeness (QED) is 0.477. The van der Waals surface area contributed by atoms with Crippen molar-refractivity contribution in [3.05, 3.63) is 35.0 Å². The molecule has 0 aliphatic rings. The molecular formula is C9H3BrClI2N. The second kappa shape index (κ2) is 4.39. The Morgan fingerprint density at radius 3 is 2.64 bits per heavy atom. The van der Waals surface area contributed by atoms with Crippen molar-refractivity contribution in [3.63, 3.8) is 0 Å². The van der Waals surface area contributed by atoms with Crippen LogP contribution in [0.1, 0.15) is 0 Å². The van der Waals surface area contributed by atoms with Crippen LogP contribution >= 0.6 is 72.7 Å². The summed E-state index contributed by atoms with van der Waals surface area (Å²) < 4.78 is 3.08. The highest BCUT2D eigenvalue weighted by Crippen LogP contribution is 2.33. The van der Waals surface area contributed by atoms with Crippen molar-refractivity contribution in [1.82, 2.24) is 4.98 Å². The topological polar surface area (TPSA) is 12.9 Å². The molecule has 0 fully saturated rings. The Hall–Kier alpha value is 0.860. The Bertz CT molecular complexity index is 516. The van der Waals surface area contributed by atoms with Crippen molar-refractivity contribution in [2.45, 2.75) is 0 Å². The third kappa shape index (κ3) is 1.90. The van der Waals surface area contributed by atoms with Gasteiger partial charge in [-0.25, -0.2) is 0 Å². The van der Waals surface area contributed by atoms with E-state index in [1.54, 1.807) is 6.20 Å². The van der Waals surface area contributed by atoms with Gasteiger partial charge in [0.15, 0.2) is 0 Å². The summed E-state index contributed by atoms with van der Waals surface area (Å²) in [4.78, 5) is 4.36. The lowest BCUT2D eigenvalue weighted by Crippen LogP contribution is -1.87. The first-order chi connectivity index (χ1) is 6.61. The van der Waals surface area contributed by atoms with Gasteiger partial charge in [0.25, 0.3) is 0 Å². The second-order valence-corrected chi connectivity index (χ2v) is 6.23. The van der Waals surface area contributed by atoms with E-state index in [0.29, 0.717) is 0 Å². The summed E-state index contributed by atoms with van der Waals surface area (Å²) >= 11 is 14.1. The normalized spacial score (nSPS) is 10.9. The van der Waals surface area contributed by atoms with Crippen LogP contribution in [0.5, 0.6) is 0 Å². The van der Waals surface area contributed by atoms with E-state index < -0.39 is 0 Å². The van der Waals surface area contributed by atoms with Crippen LogP contribution in [0.25, 0.3) is 10.9 Å². The van der Waals surface area contributed by atoms with Crippen molar-refractivity contribution in [2.24, 2.45) is 0 Å². The third-order valence-electron chi connectivity index (χ3n) is 1.81. The number of hydrogen-bond donors (Lipinski definition) is 0. The van der Waals surface area contributed by atoms with E-state index in [-0.39, 0.29) is 0 Å². The maximum atomic E-state index is 6.23. The monoisotopic (exact) mass is 493 g/mol. The Labute approximate surface area is 122 Å². The number of hydrogen-bond acceptors (Lipinski definition) is 1. The van der Waals surface area contributed by atoms with Crippen molar-refractivity contribution in [1.29, 1.82) is 0 Å². The molecule has 0 unspecified atom stereocenters. The van der Waals surface area contributed by atoms with Gasteiger partial charge in [0, 0.05) is 19.6 Å². The molecule has 1 heterocycles. The van der Waals surface area contributed by atoms with Crippen LogP contribution in [0, 0.1) is 7.14 Å². The van der Waals surface area contributed by atoms with E-state index >= 15 is 0 Å². The van der Waals surface area contributed by atoms with Crippen LogP contribution in [-0.4, -0.2) is 4.98 Å². The highest BCUT2D eigenvalue weighted by molar-refractivity contribution is 14.1. The summed E-state index contributed by atoms with van der Waals surface area (Å²) in [6.45, 7) is 0. The molecule has 0 saturated carbocycles. The average Bonchev–Trinajstić information content (AvgIpc) is 2.16. The Morgan fingerprint density at radius 1 is 1.21 bits per heavy atom. The summed E-state index contributed by atoms with van der Waals surface area (Å²) in [5, 5.41) is 1.80. The predicted molar refractivity (Wildman–Crippen MR) is 79.9 cm³/mol. The molecule has 14 heavy (non-hydrogen) atoms. The molecule has 0 amide bonds. The fourth-order valence-corrected chi connectivity index (χ4v) is 3.12. The number of nitrogens with zero attached hydrogens (tertiary/aromatic N) is 1. The summed E-state index contributed by atoms with van der Waals surface area (Å²) in [6.07, 6.45) is 1.78. The molecule has 2 aromatic rings. The van der Waals surface area contributed by atoms with E-state index in [4.69, 9.17) is 11.6 Å².